The second kappa shape index (κ2) is 11.1. The molecular formula is C30H29N2O4PS. The van der Waals surface area contributed by atoms with Crippen LogP contribution in [-0.2, 0) is 4.52 Å². The average molecular weight is 545 g/mol. The molecule has 0 bridgehead atoms. The molecule has 8 heteroatoms. The molecular weight excluding hydrogens is 515 g/mol. The summed E-state index contributed by atoms with van der Waals surface area (Å²) in [7, 11) is -1.23. The number of fused-ring (bicyclic) bond motifs is 1. The lowest BCUT2D eigenvalue weighted by atomic mass is 10.1. The van der Waals surface area contributed by atoms with Crippen LogP contribution in [0, 0.1) is 6.92 Å². The lowest BCUT2D eigenvalue weighted by molar-refractivity contribution is 0.0703. The number of carbonyl (C=O) groups is 1. The first-order valence-electron chi connectivity index (χ1n) is 12.5. The molecule has 0 aliphatic heterocycles. The van der Waals surface area contributed by atoms with Gasteiger partial charge >= 0.3 is 5.97 Å². The third-order valence-corrected chi connectivity index (χ3v) is 9.56. The van der Waals surface area contributed by atoms with E-state index in [9.17, 15) is 9.90 Å². The van der Waals surface area contributed by atoms with Gasteiger partial charge in [-0.1, -0.05) is 54.1 Å². The third kappa shape index (κ3) is 5.23. The molecule has 3 heterocycles. The molecule has 1 unspecified atom stereocenters. The minimum atomic E-state index is -1.23. The fourth-order valence-electron chi connectivity index (χ4n) is 4.30. The first kappa shape index (κ1) is 26.1. The Labute approximate surface area is 227 Å². The Bertz CT molecular complexity index is 1520. The monoisotopic (exact) mass is 544 g/mol. The van der Waals surface area contributed by atoms with E-state index in [0.717, 1.165) is 38.2 Å². The standard InChI is InChI=1S/C30H29N2O4PS/c1-5-35-37(23-14-8-20(4)9-15-23)32(19(2)3)25-18-28(38-29(25)30(33)34)22-12-10-21(11-13-22)27-17-24-26(36-27)7-6-16-31-24/h6-19H,5H2,1-4H3,(H,33,34). The molecule has 38 heavy (non-hydrogen) atoms. The number of thiophene rings is 1. The zero-order valence-corrected chi connectivity index (χ0v) is 23.4. The quantitative estimate of drug-likeness (QED) is 0.189. The molecule has 0 radical (unpaired) electrons. The van der Waals surface area contributed by atoms with Crippen molar-refractivity contribution in [3.63, 3.8) is 0 Å². The summed E-state index contributed by atoms with van der Waals surface area (Å²) in [5.41, 5.74) is 5.29. The maximum absolute atomic E-state index is 12.4. The number of anilines is 1. The van der Waals surface area contributed by atoms with Crippen molar-refractivity contribution in [3.05, 3.63) is 89.4 Å². The van der Waals surface area contributed by atoms with Gasteiger partial charge in [-0.3, -0.25) is 4.98 Å². The van der Waals surface area contributed by atoms with Crippen molar-refractivity contribution in [2.24, 2.45) is 0 Å². The highest BCUT2D eigenvalue weighted by Crippen LogP contribution is 2.50. The summed E-state index contributed by atoms with van der Waals surface area (Å²) >= 11 is 1.29. The van der Waals surface area contributed by atoms with Gasteiger partial charge in [-0.25, -0.2) is 4.79 Å². The molecule has 1 atom stereocenters. The second-order valence-electron chi connectivity index (χ2n) is 9.17. The zero-order valence-electron chi connectivity index (χ0n) is 21.7. The van der Waals surface area contributed by atoms with Gasteiger partial charge in [0.25, 0.3) is 0 Å². The van der Waals surface area contributed by atoms with E-state index in [1.807, 2.05) is 55.5 Å². The number of aromatic carboxylic acids is 1. The van der Waals surface area contributed by atoms with E-state index < -0.39 is 14.3 Å². The molecule has 0 fully saturated rings. The van der Waals surface area contributed by atoms with Crippen LogP contribution in [0.5, 0.6) is 0 Å². The molecule has 0 spiro atoms. The summed E-state index contributed by atoms with van der Waals surface area (Å²) in [4.78, 5) is 17.9. The van der Waals surface area contributed by atoms with Gasteiger partial charge in [0, 0.05) is 34.1 Å². The minimum Gasteiger partial charge on any atom is -0.477 e. The molecule has 194 valence electrons. The summed E-state index contributed by atoms with van der Waals surface area (Å²) in [5.74, 6) is -0.196. The number of hydrogen-bond donors (Lipinski definition) is 1. The SMILES string of the molecule is CCOP(c1ccc(C)cc1)N(c1cc(-c2ccc(-c3cc4ncccc4o3)cc2)sc1C(=O)O)C(C)C. The van der Waals surface area contributed by atoms with Crippen molar-refractivity contribution in [2.75, 3.05) is 11.3 Å². The van der Waals surface area contributed by atoms with Gasteiger partial charge in [0.15, 0.2) is 13.9 Å². The van der Waals surface area contributed by atoms with E-state index in [2.05, 4.69) is 54.7 Å². The predicted octanol–water partition coefficient (Wildman–Crippen LogP) is 8.12. The summed E-state index contributed by atoms with van der Waals surface area (Å²) in [6.45, 7) is 8.70. The highest BCUT2D eigenvalue weighted by Gasteiger charge is 2.30. The summed E-state index contributed by atoms with van der Waals surface area (Å²) in [6.07, 6.45) is 1.75. The zero-order chi connectivity index (χ0) is 26.8. The average Bonchev–Trinajstić information content (AvgIpc) is 3.54. The van der Waals surface area contributed by atoms with Crippen molar-refractivity contribution >= 4 is 47.7 Å². The van der Waals surface area contributed by atoms with Crippen LogP contribution in [-0.4, -0.2) is 28.7 Å². The van der Waals surface area contributed by atoms with Crippen molar-refractivity contribution in [1.82, 2.24) is 4.98 Å². The van der Waals surface area contributed by atoms with Crippen LogP contribution in [0.1, 0.15) is 36.0 Å². The smallest absolute Gasteiger partial charge is 0.348 e. The Balaban J connectivity index is 1.52. The molecule has 3 aromatic heterocycles. The molecule has 5 rings (SSSR count). The van der Waals surface area contributed by atoms with Crippen LogP contribution in [0.4, 0.5) is 5.69 Å². The number of aromatic nitrogens is 1. The Kier molecular flexibility index (Phi) is 7.61. The number of pyridine rings is 1. The van der Waals surface area contributed by atoms with Gasteiger partial charge in [0.1, 0.15) is 16.2 Å². The van der Waals surface area contributed by atoms with Crippen LogP contribution in [0.15, 0.2) is 83.4 Å². The Morgan fingerprint density at radius 1 is 1.08 bits per heavy atom. The molecule has 0 saturated heterocycles. The van der Waals surface area contributed by atoms with Gasteiger partial charge < -0.3 is 18.7 Å². The summed E-state index contributed by atoms with van der Waals surface area (Å²) in [5, 5.41) is 11.2. The van der Waals surface area contributed by atoms with Gasteiger partial charge in [0.05, 0.1) is 12.3 Å². The number of nitrogens with zero attached hydrogens (tertiary/aromatic N) is 2. The van der Waals surface area contributed by atoms with Gasteiger partial charge in [0.2, 0.25) is 0 Å². The minimum absolute atomic E-state index is 0.0265. The van der Waals surface area contributed by atoms with Crippen molar-refractivity contribution in [3.8, 4) is 21.8 Å². The van der Waals surface area contributed by atoms with Crippen LogP contribution in [0.3, 0.4) is 0 Å². The lowest BCUT2D eigenvalue weighted by Crippen LogP contribution is -2.31. The molecule has 0 aliphatic rings. The fraction of sp³-hybridized carbons (Fsp3) is 0.200. The van der Waals surface area contributed by atoms with Crippen LogP contribution < -0.4 is 9.97 Å². The van der Waals surface area contributed by atoms with Gasteiger partial charge in [-0.05, 0) is 51.5 Å². The molecule has 0 amide bonds. The van der Waals surface area contributed by atoms with E-state index >= 15 is 0 Å². The van der Waals surface area contributed by atoms with Crippen LogP contribution in [0.2, 0.25) is 0 Å². The topological polar surface area (TPSA) is 75.8 Å². The van der Waals surface area contributed by atoms with E-state index in [0.29, 0.717) is 17.2 Å². The number of carboxylic acid groups (broad SMARTS) is 1. The number of aryl methyl sites for hydroxylation is 1. The maximum atomic E-state index is 12.4. The fourth-order valence-corrected chi connectivity index (χ4v) is 7.30. The molecule has 5 aromatic rings. The lowest BCUT2D eigenvalue weighted by Gasteiger charge is -2.35. The van der Waals surface area contributed by atoms with E-state index in [4.69, 9.17) is 8.94 Å². The number of benzene rings is 2. The van der Waals surface area contributed by atoms with E-state index in [1.165, 1.54) is 16.9 Å². The number of furan rings is 1. The van der Waals surface area contributed by atoms with Crippen molar-refractivity contribution < 1.29 is 18.8 Å². The maximum Gasteiger partial charge on any atom is 0.348 e. The number of carboxylic acids is 1. The molecule has 0 aliphatic carbocycles. The van der Waals surface area contributed by atoms with E-state index in [-0.39, 0.29) is 6.04 Å². The third-order valence-electron chi connectivity index (χ3n) is 6.09. The van der Waals surface area contributed by atoms with Gasteiger partial charge in [-0.15, -0.1) is 11.3 Å². The summed E-state index contributed by atoms with van der Waals surface area (Å²) in [6, 6.07) is 24.0. The largest absolute Gasteiger partial charge is 0.477 e. The molecule has 1 N–H and O–H groups in total. The highest BCUT2D eigenvalue weighted by atomic mass is 32.1. The Morgan fingerprint density at radius 2 is 1.79 bits per heavy atom. The first-order valence-corrected chi connectivity index (χ1v) is 14.5. The number of rotatable bonds is 9. The van der Waals surface area contributed by atoms with Crippen molar-refractivity contribution in [1.29, 1.82) is 0 Å². The van der Waals surface area contributed by atoms with Gasteiger partial charge in [-0.2, -0.15) is 0 Å². The Hall–Kier alpha value is -3.51. The molecule has 0 saturated carbocycles. The predicted molar refractivity (Wildman–Crippen MR) is 157 cm³/mol. The van der Waals surface area contributed by atoms with Crippen molar-refractivity contribution in [2.45, 2.75) is 33.7 Å². The van der Waals surface area contributed by atoms with Crippen LogP contribution in [0.25, 0.3) is 32.9 Å². The first-order chi connectivity index (χ1) is 18.4. The summed E-state index contributed by atoms with van der Waals surface area (Å²) < 4.78 is 14.4. The highest BCUT2D eigenvalue weighted by molar-refractivity contribution is 7.62. The normalized spacial score (nSPS) is 12.2. The Morgan fingerprint density at radius 3 is 2.42 bits per heavy atom. The number of hydrogen-bond acceptors (Lipinski definition) is 6. The molecule has 6 nitrogen and oxygen atoms in total. The van der Waals surface area contributed by atoms with E-state index in [1.54, 1.807) is 6.20 Å². The second-order valence-corrected chi connectivity index (χ2v) is 12.0. The molecule has 2 aromatic carbocycles. The van der Waals surface area contributed by atoms with Crippen LogP contribution >= 0.6 is 19.6 Å².